The van der Waals surface area contributed by atoms with Crippen LogP contribution in [0, 0.1) is 52.3 Å². The van der Waals surface area contributed by atoms with Gasteiger partial charge in [0, 0.05) is 45.3 Å². The summed E-state index contributed by atoms with van der Waals surface area (Å²) < 4.78 is 23.3. The van der Waals surface area contributed by atoms with E-state index in [9.17, 15) is 24.3 Å². The lowest BCUT2D eigenvalue weighted by molar-refractivity contribution is -0.153. The number of esters is 1. The van der Waals surface area contributed by atoms with E-state index in [0.29, 0.717) is 42.7 Å². The molecule has 0 bridgehead atoms. The summed E-state index contributed by atoms with van der Waals surface area (Å²) in [6, 6.07) is 24.9. The van der Waals surface area contributed by atoms with E-state index < -0.39 is 29.5 Å². The van der Waals surface area contributed by atoms with Crippen molar-refractivity contribution >= 4 is 23.9 Å². The number of benzene rings is 3. The van der Waals surface area contributed by atoms with Crippen LogP contribution in [-0.2, 0) is 29.3 Å². The zero-order valence-electron chi connectivity index (χ0n) is 47.7. The lowest BCUT2D eigenvalue weighted by Crippen LogP contribution is -2.51. The minimum Gasteiger partial charge on any atom is -0.497 e. The molecule has 12 heteroatoms. The molecule has 420 valence electrons. The molecule has 12 nitrogen and oxygen atoms in total. The number of hydrogen-bond acceptors (Lipinski definition) is 9. The zero-order valence-corrected chi connectivity index (χ0v) is 47.7. The first-order valence-electron chi connectivity index (χ1n) is 29.4. The number of aliphatic hydroxyl groups excluding tert-OH is 1. The van der Waals surface area contributed by atoms with Gasteiger partial charge in [-0.05, 0) is 145 Å². The number of nitrogens with zero attached hydrogens (tertiary/aromatic N) is 1. The van der Waals surface area contributed by atoms with Gasteiger partial charge < -0.3 is 39.6 Å². The van der Waals surface area contributed by atoms with E-state index in [2.05, 4.69) is 51.3 Å². The van der Waals surface area contributed by atoms with E-state index in [1.54, 1.807) is 19.1 Å². The van der Waals surface area contributed by atoms with Gasteiger partial charge in [-0.15, -0.1) is 0 Å². The Morgan fingerprint density at radius 3 is 2.06 bits per heavy atom. The van der Waals surface area contributed by atoms with Crippen LogP contribution in [-0.4, -0.2) is 93.1 Å². The summed E-state index contributed by atoms with van der Waals surface area (Å²) in [6.45, 7) is 13.1. The highest BCUT2D eigenvalue weighted by Crippen LogP contribution is 2.67. The summed E-state index contributed by atoms with van der Waals surface area (Å²) in [7, 11) is 4.73. The molecule has 77 heavy (non-hydrogen) atoms. The monoisotopic (exact) mass is 1060 g/mol. The molecule has 3 aromatic rings. The Morgan fingerprint density at radius 1 is 0.740 bits per heavy atom. The average Bonchev–Trinajstić information content (AvgIpc) is 4.11. The molecule has 3 N–H and O–H groups in total. The Hall–Kier alpha value is -5.36. The summed E-state index contributed by atoms with van der Waals surface area (Å²) >= 11 is 0. The minimum absolute atomic E-state index is 0.0475. The molecular formula is C65H91N3O9. The molecular weight excluding hydrogens is 967 g/mol. The molecule has 11 atom stereocenters. The van der Waals surface area contributed by atoms with Gasteiger partial charge in [-0.3, -0.25) is 14.4 Å². The van der Waals surface area contributed by atoms with Gasteiger partial charge in [-0.1, -0.05) is 127 Å². The van der Waals surface area contributed by atoms with Crippen molar-refractivity contribution in [2.24, 2.45) is 52.3 Å². The summed E-state index contributed by atoms with van der Waals surface area (Å²) in [4.78, 5) is 54.7. The number of fused-ring (bicyclic) bond motifs is 5. The third-order valence-corrected chi connectivity index (χ3v) is 19.8. The number of ether oxygens (including phenoxy) is 4. The number of alkyl carbamates (subject to hydrolysis) is 1. The lowest BCUT2D eigenvalue weighted by atomic mass is 9.47. The van der Waals surface area contributed by atoms with Crippen molar-refractivity contribution in [1.29, 1.82) is 0 Å². The largest absolute Gasteiger partial charge is 0.497 e. The van der Waals surface area contributed by atoms with Gasteiger partial charge in [0.05, 0.1) is 38.7 Å². The predicted octanol–water partition coefficient (Wildman–Crippen LogP) is 12.0. The van der Waals surface area contributed by atoms with E-state index in [-0.39, 0.29) is 61.8 Å². The van der Waals surface area contributed by atoms with E-state index >= 15 is 0 Å². The fourth-order valence-electron chi connectivity index (χ4n) is 15.6. The van der Waals surface area contributed by atoms with Crippen molar-refractivity contribution in [3.05, 3.63) is 107 Å². The average molecular weight is 1060 g/mol. The van der Waals surface area contributed by atoms with Crippen molar-refractivity contribution in [2.45, 2.75) is 167 Å². The van der Waals surface area contributed by atoms with Gasteiger partial charge in [-0.25, -0.2) is 4.79 Å². The first kappa shape index (κ1) is 57.8. The minimum atomic E-state index is -1.22. The smallest absolute Gasteiger partial charge is 0.407 e. The van der Waals surface area contributed by atoms with Gasteiger partial charge >= 0.3 is 12.1 Å². The molecule has 8 unspecified atom stereocenters. The summed E-state index contributed by atoms with van der Waals surface area (Å²) in [5.41, 5.74) is 3.31. The second-order valence-corrected chi connectivity index (χ2v) is 24.5. The van der Waals surface area contributed by atoms with Crippen molar-refractivity contribution in [3.8, 4) is 11.5 Å². The number of nitrogens with one attached hydrogen (secondary N) is 2. The van der Waals surface area contributed by atoms with Crippen LogP contribution in [0.2, 0.25) is 0 Å². The Bertz CT molecular complexity index is 2430. The van der Waals surface area contributed by atoms with Crippen molar-refractivity contribution < 1.29 is 43.2 Å². The third kappa shape index (κ3) is 12.6. The molecule has 4 aliphatic carbocycles. The Morgan fingerprint density at radius 2 is 1.42 bits per heavy atom. The molecule has 1 aliphatic heterocycles. The van der Waals surface area contributed by atoms with Crippen molar-refractivity contribution in [3.63, 3.8) is 0 Å². The molecule has 0 radical (unpaired) electrons. The SMILES string of the molecule is CNC(=O)CCC(=O)OC1CN(C(=O)CCCCCNC(=O)OC2CC[C@@]3(C)C(=CCC4C3CC[C@@]3(C)C4CC[C@@H]3C(C)CCCC(C)C)C2)CC1C(O)C(c1ccccc1)(c1ccc(OC)cc1)c1ccc(OC)cc1. The number of likely N-dealkylation sites (tertiary alicyclic amines) is 1. The highest BCUT2D eigenvalue weighted by atomic mass is 16.6. The third-order valence-electron chi connectivity index (χ3n) is 19.8. The quantitative estimate of drug-likeness (QED) is 0.0365. The van der Waals surface area contributed by atoms with E-state index in [1.807, 2.05) is 78.9 Å². The molecule has 1 heterocycles. The van der Waals surface area contributed by atoms with Crippen LogP contribution < -0.4 is 20.1 Å². The number of methoxy groups -OCH3 is 2. The fraction of sp³-hybridized carbons (Fsp3) is 0.631. The maximum Gasteiger partial charge on any atom is 0.407 e. The second-order valence-electron chi connectivity index (χ2n) is 24.5. The van der Waals surface area contributed by atoms with Crippen LogP contribution >= 0.6 is 0 Å². The Kier molecular flexibility index (Phi) is 19.2. The number of hydrogen-bond donors (Lipinski definition) is 3. The number of unbranched alkanes of at least 4 members (excludes halogenated alkanes) is 2. The summed E-state index contributed by atoms with van der Waals surface area (Å²) in [5.74, 6) is 4.34. The molecule has 0 spiro atoms. The lowest BCUT2D eigenvalue weighted by Gasteiger charge is -2.58. The van der Waals surface area contributed by atoms with E-state index in [4.69, 9.17) is 18.9 Å². The highest BCUT2D eigenvalue weighted by molar-refractivity contribution is 5.81. The number of allylic oxidation sites excluding steroid dienone is 1. The molecule has 3 aromatic carbocycles. The number of rotatable bonds is 23. The molecule has 5 aliphatic rings. The molecule has 1 saturated heterocycles. The van der Waals surface area contributed by atoms with Crippen molar-refractivity contribution in [2.75, 3.05) is 40.9 Å². The topological polar surface area (TPSA) is 153 Å². The Balaban J connectivity index is 0.860. The molecule has 0 aromatic heterocycles. The molecule has 4 fully saturated rings. The van der Waals surface area contributed by atoms with Crippen LogP contribution in [0.25, 0.3) is 0 Å². The van der Waals surface area contributed by atoms with Crippen LogP contribution in [0.1, 0.15) is 160 Å². The van der Waals surface area contributed by atoms with Crippen LogP contribution in [0.4, 0.5) is 4.79 Å². The predicted molar refractivity (Wildman–Crippen MR) is 301 cm³/mol. The molecule has 8 rings (SSSR count). The Labute approximate surface area is 460 Å². The van der Waals surface area contributed by atoms with Gasteiger partial charge in [0.25, 0.3) is 0 Å². The van der Waals surface area contributed by atoms with Gasteiger partial charge in [0.15, 0.2) is 0 Å². The zero-order chi connectivity index (χ0) is 54.9. The number of amides is 3. The van der Waals surface area contributed by atoms with Gasteiger partial charge in [-0.2, -0.15) is 0 Å². The molecule has 3 saturated carbocycles. The second kappa shape index (κ2) is 25.6. The number of aliphatic hydroxyl groups is 1. The van der Waals surface area contributed by atoms with Crippen LogP contribution in [0.15, 0.2) is 90.5 Å². The van der Waals surface area contributed by atoms with Gasteiger partial charge in [0.1, 0.15) is 23.7 Å². The highest BCUT2D eigenvalue weighted by Gasteiger charge is 2.59. The number of carbonyl (C=O) groups is 4. The standard InChI is InChI=1S/C65H91N3O9/c1-43(2)16-15-17-44(3)54-31-32-55-52-30-25-48-40-51(35-37-63(48,4)56(52)36-38-64(54,55)5)76-62(73)67-39-14-10-13-20-59(70)68-41-53(57(42-68)77-60(71)34-33-58(69)66-6)61(72)65(45-18-11-9-12-19-45,46-21-26-49(74-7)27-22-46)47-23-28-50(75-8)29-24-47/h9,11-12,18-19,21-29,43-44,51-57,61,72H,10,13-17,20,30-42H2,1-8H3,(H,66,69)(H,67,73)/t44?,51?,52?,53?,54-,55?,56?,57?,61?,63+,64-/m1/s1. The molecule has 3 amide bonds. The maximum atomic E-state index is 14.1. The normalized spacial score (nSPS) is 27.5. The fourth-order valence-corrected chi connectivity index (χ4v) is 15.6. The first-order valence-corrected chi connectivity index (χ1v) is 29.4. The summed E-state index contributed by atoms with van der Waals surface area (Å²) in [6.07, 6.45) is 15.5. The van der Waals surface area contributed by atoms with E-state index in [0.717, 1.165) is 71.5 Å². The number of carbonyl (C=O) groups excluding carboxylic acids is 4. The maximum absolute atomic E-state index is 14.1. The van der Waals surface area contributed by atoms with Crippen molar-refractivity contribution in [1.82, 2.24) is 15.5 Å². The summed E-state index contributed by atoms with van der Waals surface area (Å²) in [5, 5.41) is 18.8. The van der Waals surface area contributed by atoms with Crippen LogP contribution in [0.5, 0.6) is 11.5 Å². The van der Waals surface area contributed by atoms with Crippen LogP contribution in [0.3, 0.4) is 0 Å². The first-order chi connectivity index (χ1) is 37.0. The van der Waals surface area contributed by atoms with Gasteiger partial charge in [0.2, 0.25) is 11.8 Å². The van der Waals surface area contributed by atoms with E-state index in [1.165, 1.54) is 64.0 Å².